The fourth-order valence-corrected chi connectivity index (χ4v) is 3.77. The lowest BCUT2D eigenvalue weighted by Crippen LogP contribution is -2.38. The van der Waals surface area contributed by atoms with Crippen LogP contribution in [-0.4, -0.2) is 29.3 Å². The van der Waals surface area contributed by atoms with E-state index in [-0.39, 0.29) is 23.5 Å². The van der Waals surface area contributed by atoms with Crippen LogP contribution >= 0.6 is 0 Å². The smallest absolute Gasteiger partial charge is 0.225 e. The molecule has 1 atom stereocenters. The fraction of sp³-hybridized carbons (Fsp3) is 0.579. The number of nitrogens with one attached hydrogen (secondary N) is 1. The molecule has 1 aromatic rings. The number of amides is 2. The van der Waals surface area contributed by atoms with Crippen LogP contribution in [-0.2, 0) is 16.1 Å². The molecule has 0 unspecified atom stereocenters. The molecule has 1 aromatic carbocycles. The van der Waals surface area contributed by atoms with Crippen molar-refractivity contribution in [2.75, 3.05) is 6.54 Å². The zero-order chi connectivity index (χ0) is 16.9. The Balaban J connectivity index is 1.52. The van der Waals surface area contributed by atoms with Crippen LogP contribution in [0.3, 0.4) is 0 Å². The molecular weight excluding hydrogens is 307 g/mol. The SMILES string of the molecule is O=C(NCc1ccc(F)cc1)[C@@H]1CC(=O)N(C2CCCCCC2)C1. The van der Waals surface area contributed by atoms with Gasteiger partial charge in [-0.15, -0.1) is 0 Å². The van der Waals surface area contributed by atoms with Gasteiger partial charge in [0.2, 0.25) is 11.8 Å². The Hall–Kier alpha value is -1.91. The first kappa shape index (κ1) is 16.9. The molecule has 1 saturated carbocycles. The van der Waals surface area contributed by atoms with E-state index in [2.05, 4.69) is 5.32 Å². The van der Waals surface area contributed by atoms with E-state index < -0.39 is 0 Å². The summed E-state index contributed by atoms with van der Waals surface area (Å²) in [5.74, 6) is -0.515. The van der Waals surface area contributed by atoms with Crippen molar-refractivity contribution in [2.24, 2.45) is 5.92 Å². The molecule has 2 amide bonds. The van der Waals surface area contributed by atoms with Gasteiger partial charge in [0.05, 0.1) is 5.92 Å². The molecule has 0 bridgehead atoms. The van der Waals surface area contributed by atoms with Gasteiger partial charge in [0.15, 0.2) is 0 Å². The lowest BCUT2D eigenvalue weighted by Gasteiger charge is -2.27. The molecule has 0 radical (unpaired) electrons. The number of halogens is 1. The van der Waals surface area contributed by atoms with E-state index in [0.717, 1.165) is 18.4 Å². The first-order chi connectivity index (χ1) is 11.6. The molecule has 2 aliphatic rings. The van der Waals surface area contributed by atoms with Gasteiger partial charge in [-0.3, -0.25) is 9.59 Å². The van der Waals surface area contributed by atoms with Crippen LogP contribution in [0.15, 0.2) is 24.3 Å². The summed E-state index contributed by atoms with van der Waals surface area (Å²) < 4.78 is 12.9. The minimum absolute atomic E-state index is 0.0798. The third kappa shape index (κ3) is 4.13. The first-order valence-electron chi connectivity index (χ1n) is 8.95. The zero-order valence-corrected chi connectivity index (χ0v) is 14.0. The van der Waals surface area contributed by atoms with Gasteiger partial charge in [0.1, 0.15) is 5.82 Å². The Kier molecular flexibility index (Phi) is 5.48. The molecule has 4 nitrogen and oxygen atoms in total. The summed E-state index contributed by atoms with van der Waals surface area (Å²) >= 11 is 0. The van der Waals surface area contributed by atoms with E-state index >= 15 is 0 Å². The molecule has 1 N–H and O–H groups in total. The number of likely N-dealkylation sites (tertiary alicyclic amines) is 1. The molecule has 5 heteroatoms. The van der Waals surface area contributed by atoms with Gasteiger partial charge >= 0.3 is 0 Å². The second-order valence-electron chi connectivity index (χ2n) is 6.94. The molecule has 24 heavy (non-hydrogen) atoms. The quantitative estimate of drug-likeness (QED) is 0.862. The molecule has 1 heterocycles. The number of hydrogen-bond acceptors (Lipinski definition) is 2. The minimum Gasteiger partial charge on any atom is -0.352 e. The average Bonchev–Trinajstić information content (AvgIpc) is 2.80. The maximum atomic E-state index is 12.9. The minimum atomic E-state index is -0.287. The fourth-order valence-electron chi connectivity index (χ4n) is 3.77. The maximum absolute atomic E-state index is 12.9. The normalized spacial score (nSPS) is 22.5. The Bertz CT molecular complexity index is 580. The largest absolute Gasteiger partial charge is 0.352 e. The molecule has 1 aliphatic heterocycles. The van der Waals surface area contributed by atoms with E-state index in [1.54, 1.807) is 12.1 Å². The molecule has 3 rings (SSSR count). The first-order valence-corrected chi connectivity index (χ1v) is 8.95. The topological polar surface area (TPSA) is 49.4 Å². The predicted molar refractivity (Wildman–Crippen MR) is 89.6 cm³/mol. The summed E-state index contributed by atoms with van der Waals surface area (Å²) in [7, 11) is 0. The maximum Gasteiger partial charge on any atom is 0.225 e. The Labute approximate surface area is 142 Å². The monoisotopic (exact) mass is 332 g/mol. The molecule has 2 fully saturated rings. The lowest BCUT2D eigenvalue weighted by molar-refractivity contribution is -0.130. The van der Waals surface area contributed by atoms with Crippen LogP contribution < -0.4 is 5.32 Å². The molecule has 0 aromatic heterocycles. The van der Waals surface area contributed by atoms with Crippen LogP contribution in [0.25, 0.3) is 0 Å². The van der Waals surface area contributed by atoms with E-state index in [1.807, 2.05) is 4.90 Å². The Morgan fingerprint density at radius 3 is 2.46 bits per heavy atom. The zero-order valence-electron chi connectivity index (χ0n) is 14.0. The van der Waals surface area contributed by atoms with Crippen molar-refractivity contribution in [3.8, 4) is 0 Å². The van der Waals surface area contributed by atoms with Crippen molar-refractivity contribution in [1.82, 2.24) is 10.2 Å². The van der Waals surface area contributed by atoms with Crippen LogP contribution in [0.4, 0.5) is 4.39 Å². The highest BCUT2D eigenvalue weighted by atomic mass is 19.1. The number of rotatable bonds is 4. The van der Waals surface area contributed by atoms with Gasteiger partial charge in [0.25, 0.3) is 0 Å². The standard InChI is InChI=1S/C19H25FN2O2/c20-16-9-7-14(8-10-16)12-21-19(24)15-11-18(23)22(13-15)17-5-3-1-2-4-6-17/h7-10,15,17H,1-6,11-13H2,(H,21,24)/t15-/m1/s1. The number of nitrogens with zero attached hydrogens (tertiary/aromatic N) is 1. The van der Waals surface area contributed by atoms with Crippen molar-refractivity contribution >= 4 is 11.8 Å². The van der Waals surface area contributed by atoms with Crippen molar-refractivity contribution in [2.45, 2.75) is 57.5 Å². The third-order valence-electron chi connectivity index (χ3n) is 5.17. The van der Waals surface area contributed by atoms with Gasteiger partial charge in [0, 0.05) is 25.6 Å². The predicted octanol–water partition coefficient (Wildman–Crippen LogP) is 3.01. The van der Waals surface area contributed by atoms with Crippen LogP contribution in [0.5, 0.6) is 0 Å². The molecule has 0 spiro atoms. The van der Waals surface area contributed by atoms with E-state index in [9.17, 15) is 14.0 Å². The summed E-state index contributed by atoms with van der Waals surface area (Å²) in [4.78, 5) is 26.6. The lowest BCUT2D eigenvalue weighted by atomic mass is 10.1. The number of benzene rings is 1. The van der Waals surface area contributed by atoms with Crippen LogP contribution in [0, 0.1) is 11.7 Å². The Morgan fingerprint density at radius 1 is 1.12 bits per heavy atom. The number of hydrogen-bond donors (Lipinski definition) is 1. The summed E-state index contributed by atoms with van der Waals surface area (Å²) in [6.45, 7) is 0.909. The van der Waals surface area contributed by atoms with E-state index in [1.165, 1.54) is 37.8 Å². The molecule has 130 valence electrons. The van der Waals surface area contributed by atoms with Crippen molar-refractivity contribution in [1.29, 1.82) is 0 Å². The molecular formula is C19H25FN2O2. The Morgan fingerprint density at radius 2 is 1.79 bits per heavy atom. The highest BCUT2D eigenvalue weighted by Gasteiger charge is 2.37. The van der Waals surface area contributed by atoms with Gasteiger partial charge < -0.3 is 10.2 Å². The average molecular weight is 332 g/mol. The van der Waals surface area contributed by atoms with Crippen LogP contribution in [0.1, 0.15) is 50.5 Å². The highest BCUT2D eigenvalue weighted by Crippen LogP contribution is 2.28. The summed E-state index contributed by atoms with van der Waals surface area (Å²) in [5.41, 5.74) is 0.856. The molecule has 1 saturated heterocycles. The summed E-state index contributed by atoms with van der Waals surface area (Å²) in [6, 6.07) is 6.40. The van der Waals surface area contributed by atoms with E-state index in [0.29, 0.717) is 25.6 Å². The van der Waals surface area contributed by atoms with Gasteiger partial charge in [-0.05, 0) is 30.5 Å². The summed E-state index contributed by atoms with van der Waals surface area (Å²) in [5, 5.41) is 2.88. The molecule has 1 aliphatic carbocycles. The van der Waals surface area contributed by atoms with Gasteiger partial charge in [-0.2, -0.15) is 0 Å². The van der Waals surface area contributed by atoms with Gasteiger partial charge in [-0.25, -0.2) is 4.39 Å². The second kappa shape index (κ2) is 7.77. The summed E-state index contributed by atoms with van der Waals surface area (Å²) in [6.07, 6.45) is 7.29. The number of carbonyl (C=O) groups is 2. The van der Waals surface area contributed by atoms with Crippen molar-refractivity contribution < 1.29 is 14.0 Å². The van der Waals surface area contributed by atoms with E-state index in [4.69, 9.17) is 0 Å². The third-order valence-corrected chi connectivity index (χ3v) is 5.17. The van der Waals surface area contributed by atoms with Crippen molar-refractivity contribution in [3.05, 3.63) is 35.6 Å². The second-order valence-corrected chi connectivity index (χ2v) is 6.94. The number of carbonyl (C=O) groups excluding carboxylic acids is 2. The van der Waals surface area contributed by atoms with Crippen molar-refractivity contribution in [3.63, 3.8) is 0 Å². The highest BCUT2D eigenvalue weighted by molar-refractivity contribution is 5.89. The van der Waals surface area contributed by atoms with Crippen LogP contribution in [0.2, 0.25) is 0 Å². The van der Waals surface area contributed by atoms with Gasteiger partial charge in [-0.1, -0.05) is 37.8 Å².